The van der Waals surface area contributed by atoms with E-state index in [1.807, 2.05) is 42.5 Å². The molecule has 126 valence electrons. The van der Waals surface area contributed by atoms with Crippen LogP contribution in [0.2, 0.25) is 0 Å². The maximum Gasteiger partial charge on any atom is 0.306 e. The Morgan fingerprint density at radius 2 is 1.40 bits per heavy atom. The first-order valence-electron chi connectivity index (χ1n) is 8.12. The highest BCUT2D eigenvalue weighted by molar-refractivity contribution is 7.18. The van der Waals surface area contributed by atoms with E-state index >= 15 is 0 Å². The zero-order chi connectivity index (χ0) is 17.1. The number of benzene rings is 2. The Morgan fingerprint density at radius 3 is 2.00 bits per heavy atom. The van der Waals surface area contributed by atoms with Crippen molar-refractivity contribution in [1.82, 2.24) is 9.97 Å². The second-order valence-corrected chi connectivity index (χ2v) is 7.85. The van der Waals surface area contributed by atoms with E-state index in [0.717, 1.165) is 25.7 Å². The van der Waals surface area contributed by atoms with E-state index < -0.39 is 0 Å². The van der Waals surface area contributed by atoms with Crippen molar-refractivity contribution in [3.8, 4) is 0 Å². The minimum absolute atomic E-state index is 0.180. The second kappa shape index (κ2) is 7.29. The van der Waals surface area contributed by atoms with Gasteiger partial charge in [-0.05, 0) is 24.3 Å². The van der Waals surface area contributed by atoms with Crippen LogP contribution in [-0.4, -0.2) is 22.5 Å². The number of rotatable bonds is 6. The predicted octanol–water partition coefficient (Wildman–Crippen LogP) is 4.62. The smallest absolute Gasteiger partial charge is 0.306 e. The topological polar surface area (TPSA) is 52.1 Å². The molecule has 0 N–H and O–H groups in total. The molecule has 2 aromatic heterocycles. The fourth-order valence-electron chi connectivity index (χ4n) is 2.59. The number of carbonyl (C=O) groups excluding carboxylic acids is 1. The largest absolute Gasteiger partial charge is 0.465 e. The van der Waals surface area contributed by atoms with Gasteiger partial charge in [-0.15, -0.1) is 22.7 Å². The first kappa shape index (κ1) is 16.2. The quantitative estimate of drug-likeness (QED) is 0.466. The van der Waals surface area contributed by atoms with E-state index in [2.05, 4.69) is 16.0 Å². The van der Waals surface area contributed by atoms with Gasteiger partial charge in [-0.2, -0.15) is 0 Å². The molecule has 4 aromatic rings. The lowest BCUT2D eigenvalue weighted by molar-refractivity contribution is -0.143. The molecule has 0 spiro atoms. The van der Waals surface area contributed by atoms with Crippen LogP contribution in [-0.2, 0) is 22.4 Å². The first-order valence-corrected chi connectivity index (χ1v) is 9.76. The number of nitrogens with zero attached hydrogens (tertiary/aromatic N) is 2. The van der Waals surface area contributed by atoms with E-state index in [4.69, 9.17) is 4.74 Å². The molecule has 25 heavy (non-hydrogen) atoms. The molecule has 0 saturated carbocycles. The van der Waals surface area contributed by atoms with Crippen LogP contribution in [0.5, 0.6) is 0 Å². The minimum Gasteiger partial charge on any atom is -0.465 e. The van der Waals surface area contributed by atoms with Crippen molar-refractivity contribution in [2.75, 3.05) is 6.61 Å². The standard InChI is InChI=1S/C19H16N2O2S2/c22-19(10-9-17-20-13-5-1-3-7-15(13)24-17)23-12-11-18-21-14-6-2-4-8-16(14)25-18/h1-8H,9-12H2. The van der Waals surface area contributed by atoms with Crippen LogP contribution in [0.3, 0.4) is 0 Å². The van der Waals surface area contributed by atoms with Gasteiger partial charge in [-0.3, -0.25) is 4.79 Å². The van der Waals surface area contributed by atoms with E-state index in [0.29, 0.717) is 25.9 Å². The lowest BCUT2D eigenvalue weighted by atomic mass is 10.3. The van der Waals surface area contributed by atoms with Gasteiger partial charge < -0.3 is 4.74 Å². The Kier molecular flexibility index (Phi) is 4.72. The van der Waals surface area contributed by atoms with Crippen molar-refractivity contribution in [2.24, 2.45) is 0 Å². The molecule has 0 aliphatic carbocycles. The van der Waals surface area contributed by atoms with E-state index in [1.54, 1.807) is 22.7 Å². The number of hydrogen-bond acceptors (Lipinski definition) is 6. The van der Waals surface area contributed by atoms with Gasteiger partial charge in [0.1, 0.15) is 0 Å². The van der Waals surface area contributed by atoms with Crippen LogP contribution in [0.1, 0.15) is 16.4 Å². The van der Waals surface area contributed by atoms with Gasteiger partial charge in [-0.1, -0.05) is 24.3 Å². The summed E-state index contributed by atoms with van der Waals surface area (Å²) in [5, 5.41) is 1.98. The van der Waals surface area contributed by atoms with Gasteiger partial charge in [0.05, 0.1) is 43.5 Å². The van der Waals surface area contributed by atoms with Crippen LogP contribution in [0.4, 0.5) is 0 Å². The average molecular weight is 368 g/mol. The molecule has 0 radical (unpaired) electrons. The number of esters is 1. The molecule has 2 heterocycles. The number of hydrogen-bond donors (Lipinski definition) is 0. The lowest BCUT2D eigenvalue weighted by Crippen LogP contribution is -2.08. The Balaban J connectivity index is 1.26. The van der Waals surface area contributed by atoms with Crippen molar-refractivity contribution in [3.05, 3.63) is 58.5 Å². The maximum absolute atomic E-state index is 11.9. The van der Waals surface area contributed by atoms with Crippen molar-refractivity contribution < 1.29 is 9.53 Å². The molecule has 2 aromatic carbocycles. The maximum atomic E-state index is 11.9. The van der Waals surface area contributed by atoms with Crippen molar-refractivity contribution in [3.63, 3.8) is 0 Å². The molecule has 0 saturated heterocycles. The number of fused-ring (bicyclic) bond motifs is 2. The molecule has 0 aliphatic heterocycles. The second-order valence-electron chi connectivity index (χ2n) is 5.62. The normalized spacial score (nSPS) is 11.2. The molecule has 0 unspecified atom stereocenters. The fraction of sp³-hybridized carbons (Fsp3) is 0.211. The SMILES string of the molecule is O=C(CCc1nc2ccccc2s1)OCCc1nc2ccccc2s1. The summed E-state index contributed by atoms with van der Waals surface area (Å²) in [6, 6.07) is 16.1. The molecule has 4 nitrogen and oxygen atoms in total. The van der Waals surface area contributed by atoms with Crippen molar-refractivity contribution >= 4 is 49.1 Å². The molecule has 0 bridgehead atoms. The lowest BCUT2D eigenvalue weighted by Gasteiger charge is -2.02. The van der Waals surface area contributed by atoms with Crippen LogP contribution in [0.15, 0.2) is 48.5 Å². The van der Waals surface area contributed by atoms with Crippen LogP contribution in [0, 0.1) is 0 Å². The molecule has 0 fully saturated rings. The zero-order valence-electron chi connectivity index (χ0n) is 13.5. The molecule has 0 atom stereocenters. The Hall–Kier alpha value is -2.31. The molecular weight excluding hydrogens is 352 g/mol. The summed E-state index contributed by atoms with van der Waals surface area (Å²) in [7, 11) is 0. The third-order valence-corrected chi connectivity index (χ3v) is 5.99. The third-order valence-electron chi connectivity index (χ3n) is 3.80. The molecule has 0 aliphatic rings. The molecule has 4 rings (SSSR count). The highest BCUT2D eigenvalue weighted by atomic mass is 32.1. The van der Waals surface area contributed by atoms with E-state index in [9.17, 15) is 4.79 Å². The summed E-state index contributed by atoms with van der Waals surface area (Å²) in [5.74, 6) is -0.180. The summed E-state index contributed by atoms with van der Waals surface area (Å²) in [4.78, 5) is 21.0. The summed E-state index contributed by atoms with van der Waals surface area (Å²) < 4.78 is 7.66. The predicted molar refractivity (Wildman–Crippen MR) is 102 cm³/mol. The van der Waals surface area contributed by atoms with Crippen molar-refractivity contribution in [2.45, 2.75) is 19.3 Å². The highest BCUT2D eigenvalue weighted by Gasteiger charge is 2.09. The van der Waals surface area contributed by atoms with Crippen LogP contribution < -0.4 is 0 Å². The van der Waals surface area contributed by atoms with Crippen LogP contribution in [0.25, 0.3) is 20.4 Å². The number of aryl methyl sites for hydroxylation is 1. The number of carbonyl (C=O) groups is 1. The monoisotopic (exact) mass is 368 g/mol. The van der Waals surface area contributed by atoms with Gasteiger partial charge in [0.25, 0.3) is 0 Å². The van der Waals surface area contributed by atoms with Gasteiger partial charge in [0.15, 0.2) is 0 Å². The summed E-state index contributed by atoms with van der Waals surface area (Å²) in [5.41, 5.74) is 2.00. The first-order chi connectivity index (χ1) is 12.3. The number of ether oxygens (including phenoxy) is 1. The van der Waals surface area contributed by atoms with Gasteiger partial charge in [-0.25, -0.2) is 9.97 Å². The Morgan fingerprint density at radius 1 is 0.840 bits per heavy atom. The highest BCUT2D eigenvalue weighted by Crippen LogP contribution is 2.23. The van der Waals surface area contributed by atoms with E-state index in [1.165, 1.54) is 4.70 Å². The number of para-hydroxylation sites is 2. The van der Waals surface area contributed by atoms with Crippen LogP contribution >= 0.6 is 22.7 Å². The summed E-state index contributed by atoms with van der Waals surface area (Å²) in [6.45, 7) is 0.374. The molecular formula is C19H16N2O2S2. The Labute approximate surface area is 153 Å². The number of thiazole rings is 2. The molecule has 6 heteroatoms. The zero-order valence-corrected chi connectivity index (χ0v) is 15.1. The molecule has 0 amide bonds. The van der Waals surface area contributed by atoms with Gasteiger partial charge >= 0.3 is 5.97 Å². The number of aromatic nitrogens is 2. The van der Waals surface area contributed by atoms with Gasteiger partial charge in [0, 0.05) is 12.8 Å². The average Bonchev–Trinajstić information content (AvgIpc) is 3.23. The summed E-state index contributed by atoms with van der Waals surface area (Å²) in [6.07, 6.45) is 1.64. The van der Waals surface area contributed by atoms with Crippen molar-refractivity contribution in [1.29, 1.82) is 0 Å². The Bertz CT molecular complexity index is 956. The minimum atomic E-state index is -0.180. The summed E-state index contributed by atoms with van der Waals surface area (Å²) >= 11 is 3.29. The fourth-order valence-corrected chi connectivity index (χ4v) is 4.50. The third kappa shape index (κ3) is 3.86. The van der Waals surface area contributed by atoms with E-state index in [-0.39, 0.29) is 5.97 Å². The van der Waals surface area contributed by atoms with Gasteiger partial charge in [0.2, 0.25) is 0 Å².